The first-order valence-electron chi connectivity index (χ1n) is 4.74. The predicted molar refractivity (Wildman–Crippen MR) is 60.5 cm³/mol. The van der Waals surface area contributed by atoms with Crippen LogP contribution in [0.3, 0.4) is 0 Å². The number of nitrogen functional groups attached to an aromatic ring is 1. The Hall–Kier alpha value is -2.17. The number of carbonyl (C=O) groups excluding carboxylic acids is 1. The van der Waals surface area contributed by atoms with E-state index < -0.39 is 0 Å². The van der Waals surface area contributed by atoms with E-state index in [2.05, 4.69) is 9.97 Å². The van der Waals surface area contributed by atoms with Crippen LogP contribution >= 0.6 is 0 Å². The van der Waals surface area contributed by atoms with Gasteiger partial charge in [0.15, 0.2) is 5.78 Å². The molecule has 0 aliphatic rings. The number of ether oxygens (including phenoxy) is 1. The summed E-state index contributed by atoms with van der Waals surface area (Å²) < 4.78 is 5.16. The first-order valence-corrected chi connectivity index (χ1v) is 4.74. The molecule has 0 atom stereocenters. The van der Waals surface area contributed by atoms with Crippen LogP contribution in [0.15, 0.2) is 18.2 Å². The molecule has 2 N–H and O–H groups in total. The van der Waals surface area contributed by atoms with E-state index >= 15 is 0 Å². The summed E-state index contributed by atoms with van der Waals surface area (Å²) >= 11 is 0. The van der Waals surface area contributed by atoms with Gasteiger partial charge in [0.05, 0.1) is 7.11 Å². The molecular formula is C11H11N3O2. The van der Waals surface area contributed by atoms with Crippen LogP contribution in [-0.2, 0) is 0 Å². The molecule has 0 unspecified atom stereocenters. The van der Waals surface area contributed by atoms with Gasteiger partial charge in [-0.1, -0.05) is 12.1 Å². The van der Waals surface area contributed by atoms with Gasteiger partial charge in [0.1, 0.15) is 17.0 Å². The number of aromatic nitrogens is 2. The molecule has 1 heterocycles. The summed E-state index contributed by atoms with van der Waals surface area (Å²) in [6.45, 7) is 1.45. The van der Waals surface area contributed by atoms with Crippen molar-refractivity contribution in [2.24, 2.45) is 0 Å². The van der Waals surface area contributed by atoms with Crippen LogP contribution in [0.4, 0.5) is 5.95 Å². The molecule has 0 saturated carbocycles. The molecule has 0 aliphatic carbocycles. The Bertz CT molecular complexity index is 566. The Kier molecular flexibility index (Phi) is 2.44. The number of carbonyl (C=O) groups is 1. The van der Waals surface area contributed by atoms with E-state index in [1.54, 1.807) is 25.3 Å². The Morgan fingerprint density at radius 3 is 2.75 bits per heavy atom. The number of para-hydroxylation sites is 1. The second-order valence-corrected chi connectivity index (χ2v) is 3.34. The highest BCUT2D eigenvalue weighted by atomic mass is 16.5. The molecule has 5 nitrogen and oxygen atoms in total. The van der Waals surface area contributed by atoms with Crippen LogP contribution < -0.4 is 10.5 Å². The standard InChI is InChI=1S/C11H11N3O2/c1-6(15)9-7-4-3-5-8(16-2)10(7)14-11(12)13-9/h3-5H,1-2H3,(H2,12,13,14). The van der Waals surface area contributed by atoms with Crippen molar-refractivity contribution < 1.29 is 9.53 Å². The lowest BCUT2D eigenvalue weighted by Gasteiger charge is -2.07. The van der Waals surface area contributed by atoms with Crippen LogP contribution in [0.1, 0.15) is 17.4 Å². The number of rotatable bonds is 2. The van der Waals surface area contributed by atoms with Gasteiger partial charge >= 0.3 is 0 Å². The fourth-order valence-electron chi connectivity index (χ4n) is 1.58. The predicted octanol–water partition coefficient (Wildman–Crippen LogP) is 1.42. The lowest BCUT2D eigenvalue weighted by atomic mass is 10.1. The van der Waals surface area contributed by atoms with E-state index in [1.807, 2.05) is 0 Å². The summed E-state index contributed by atoms with van der Waals surface area (Å²) in [7, 11) is 1.54. The van der Waals surface area contributed by atoms with Crippen molar-refractivity contribution >= 4 is 22.6 Å². The van der Waals surface area contributed by atoms with Crippen molar-refractivity contribution in [3.8, 4) is 5.75 Å². The third-order valence-electron chi connectivity index (χ3n) is 2.26. The first kappa shape index (κ1) is 10.4. The average molecular weight is 217 g/mol. The molecule has 2 rings (SSSR count). The molecule has 1 aromatic carbocycles. The fraction of sp³-hybridized carbons (Fsp3) is 0.182. The minimum atomic E-state index is -0.146. The average Bonchev–Trinajstić information content (AvgIpc) is 2.27. The number of hydrogen-bond acceptors (Lipinski definition) is 5. The summed E-state index contributed by atoms with van der Waals surface area (Å²) in [5, 5.41) is 0.654. The molecule has 0 amide bonds. The Morgan fingerprint density at radius 2 is 2.12 bits per heavy atom. The molecular weight excluding hydrogens is 206 g/mol. The summed E-state index contributed by atoms with van der Waals surface area (Å²) in [5.74, 6) is 0.503. The lowest BCUT2D eigenvalue weighted by Crippen LogP contribution is -2.05. The monoisotopic (exact) mass is 217 g/mol. The second-order valence-electron chi connectivity index (χ2n) is 3.34. The minimum absolute atomic E-state index is 0.0715. The van der Waals surface area contributed by atoms with E-state index in [1.165, 1.54) is 6.92 Å². The van der Waals surface area contributed by atoms with Gasteiger partial charge in [0.2, 0.25) is 5.95 Å². The SMILES string of the molecule is COc1cccc2c(C(C)=O)nc(N)nc12. The summed E-state index contributed by atoms with van der Waals surface area (Å²) in [5.41, 5.74) is 6.43. The van der Waals surface area contributed by atoms with Crippen LogP contribution in [-0.4, -0.2) is 22.9 Å². The number of nitrogens with zero attached hydrogens (tertiary/aromatic N) is 2. The number of benzene rings is 1. The van der Waals surface area contributed by atoms with E-state index in [4.69, 9.17) is 10.5 Å². The van der Waals surface area contributed by atoms with Gasteiger partial charge in [-0.2, -0.15) is 0 Å². The van der Waals surface area contributed by atoms with Crippen molar-refractivity contribution in [1.29, 1.82) is 0 Å². The van der Waals surface area contributed by atoms with Gasteiger partial charge in [0, 0.05) is 12.3 Å². The normalized spacial score (nSPS) is 10.4. The van der Waals surface area contributed by atoms with E-state index in [9.17, 15) is 4.79 Å². The smallest absolute Gasteiger partial charge is 0.221 e. The Balaban J connectivity index is 2.88. The largest absolute Gasteiger partial charge is 0.494 e. The molecule has 0 spiro atoms. The Labute approximate surface area is 92.3 Å². The highest BCUT2D eigenvalue weighted by Crippen LogP contribution is 2.26. The fourth-order valence-corrected chi connectivity index (χ4v) is 1.58. The quantitative estimate of drug-likeness (QED) is 0.770. The van der Waals surface area contributed by atoms with E-state index in [0.717, 1.165) is 0 Å². The first-order chi connectivity index (χ1) is 7.63. The van der Waals surface area contributed by atoms with Crippen LogP contribution in [0, 0.1) is 0 Å². The lowest BCUT2D eigenvalue weighted by molar-refractivity contribution is 0.101. The van der Waals surface area contributed by atoms with Gasteiger partial charge in [-0.05, 0) is 6.07 Å². The van der Waals surface area contributed by atoms with Crippen molar-refractivity contribution in [2.45, 2.75) is 6.92 Å². The van der Waals surface area contributed by atoms with Crippen LogP contribution in [0.25, 0.3) is 10.9 Å². The van der Waals surface area contributed by atoms with Crippen molar-refractivity contribution in [3.05, 3.63) is 23.9 Å². The maximum atomic E-state index is 11.4. The van der Waals surface area contributed by atoms with Gasteiger partial charge in [0.25, 0.3) is 0 Å². The molecule has 16 heavy (non-hydrogen) atoms. The van der Waals surface area contributed by atoms with Crippen molar-refractivity contribution in [1.82, 2.24) is 9.97 Å². The number of hydrogen-bond donors (Lipinski definition) is 1. The van der Waals surface area contributed by atoms with Crippen molar-refractivity contribution in [3.63, 3.8) is 0 Å². The van der Waals surface area contributed by atoms with Gasteiger partial charge in [-0.3, -0.25) is 4.79 Å². The molecule has 1 aromatic heterocycles. The van der Waals surface area contributed by atoms with Gasteiger partial charge in [-0.15, -0.1) is 0 Å². The zero-order chi connectivity index (χ0) is 11.7. The number of Topliss-reactive ketones (excluding diaryl/α,β-unsaturated/α-hetero) is 1. The summed E-state index contributed by atoms with van der Waals surface area (Å²) in [6.07, 6.45) is 0. The molecule has 82 valence electrons. The highest BCUT2D eigenvalue weighted by Gasteiger charge is 2.12. The van der Waals surface area contributed by atoms with Crippen molar-refractivity contribution in [2.75, 3.05) is 12.8 Å². The maximum Gasteiger partial charge on any atom is 0.221 e. The third kappa shape index (κ3) is 1.56. The third-order valence-corrected chi connectivity index (χ3v) is 2.26. The molecule has 0 radical (unpaired) electrons. The number of fused-ring (bicyclic) bond motifs is 1. The summed E-state index contributed by atoms with van der Waals surface area (Å²) in [6, 6.07) is 5.32. The number of anilines is 1. The number of nitrogens with two attached hydrogens (primary N) is 1. The van der Waals surface area contributed by atoms with Gasteiger partial charge in [-0.25, -0.2) is 9.97 Å². The van der Waals surface area contributed by atoms with E-state index in [0.29, 0.717) is 22.3 Å². The van der Waals surface area contributed by atoms with Crippen LogP contribution in [0.5, 0.6) is 5.75 Å². The van der Waals surface area contributed by atoms with Crippen LogP contribution in [0.2, 0.25) is 0 Å². The molecule has 0 bridgehead atoms. The molecule has 0 saturated heterocycles. The Morgan fingerprint density at radius 1 is 1.38 bits per heavy atom. The zero-order valence-corrected chi connectivity index (χ0v) is 9.02. The van der Waals surface area contributed by atoms with Gasteiger partial charge < -0.3 is 10.5 Å². The molecule has 2 aromatic rings. The highest BCUT2D eigenvalue weighted by molar-refractivity contribution is 6.05. The minimum Gasteiger partial charge on any atom is -0.494 e. The second kappa shape index (κ2) is 3.77. The zero-order valence-electron chi connectivity index (χ0n) is 9.02. The summed E-state index contributed by atoms with van der Waals surface area (Å²) in [4.78, 5) is 19.4. The topological polar surface area (TPSA) is 78.1 Å². The molecule has 0 aliphatic heterocycles. The number of methoxy groups -OCH3 is 1. The molecule has 0 fully saturated rings. The maximum absolute atomic E-state index is 11.4. The number of ketones is 1. The van der Waals surface area contributed by atoms with E-state index in [-0.39, 0.29) is 11.7 Å². The molecule has 5 heteroatoms.